The van der Waals surface area contributed by atoms with Crippen LogP contribution < -0.4 is 0 Å². The third-order valence-corrected chi connectivity index (χ3v) is 6.67. The first-order valence-corrected chi connectivity index (χ1v) is 11.2. The lowest BCUT2D eigenvalue weighted by Gasteiger charge is -2.24. The molecule has 2 aliphatic rings. The van der Waals surface area contributed by atoms with Crippen LogP contribution in [0.15, 0.2) is 53.6 Å². The van der Waals surface area contributed by atoms with E-state index in [4.69, 9.17) is 4.52 Å². The van der Waals surface area contributed by atoms with E-state index in [0.29, 0.717) is 37.1 Å². The van der Waals surface area contributed by atoms with Gasteiger partial charge in [-0.15, -0.1) is 12.4 Å². The molecule has 0 spiro atoms. The van der Waals surface area contributed by atoms with Crippen LogP contribution in [0.25, 0.3) is 11.4 Å². The molecule has 1 saturated heterocycles. The van der Waals surface area contributed by atoms with Crippen LogP contribution in [-0.2, 0) is 4.79 Å². The van der Waals surface area contributed by atoms with Gasteiger partial charge in [0.2, 0.25) is 17.6 Å². The molecule has 0 radical (unpaired) electrons. The molecule has 0 bridgehead atoms. The lowest BCUT2D eigenvalue weighted by Crippen LogP contribution is -2.30. The van der Waals surface area contributed by atoms with Gasteiger partial charge >= 0.3 is 0 Å². The van der Waals surface area contributed by atoms with E-state index >= 15 is 0 Å². The number of carbonyl (C=O) groups excluding carboxylic acids is 1. The van der Waals surface area contributed by atoms with Crippen molar-refractivity contribution in [1.82, 2.24) is 25.0 Å². The summed E-state index contributed by atoms with van der Waals surface area (Å²) >= 11 is 0. The third kappa shape index (κ3) is 4.83. The van der Waals surface area contributed by atoms with Crippen molar-refractivity contribution in [3.8, 4) is 11.4 Å². The highest BCUT2D eigenvalue weighted by molar-refractivity contribution is 5.85. The number of aromatic nitrogens is 4. The summed E-state index contributed by atoms with van der Waals surface area (Å²) in [6.07, 6.45) is 13.9. The SMILES string of the molecule is Cl.O=C(CC1CCCCC1)N1C[C@@H](c2cccnc2)[C@H](c2nc(-c3ccncc3)no2)C1. The van der Waals surface area contributed by atoms with Crippen molar-refractivity contribution >= 4 is 18.3 Å². The number of amides is 1. The van der Waals surface area contributed by atoms with Crippen LogP contribution in [0.4, 0.5) is 0 Å². The standard InChI is InChI=1S/C24H27N5O2.ClH/c30-22(13-17-5-2-1-3-6-17)29-15-20(19-7-4-10-26-14-19)21(16-29)24-27-23(28-31-24)18-8-11-25-12-9-18;/h4,7-12,14,17,20-21H,1-3,5-6,13,15-16H2;1H/t20-,21+;/m0./s1. The average Bonchev–Trinajstić information content (AvgIpc) is 3.49. The predicted octanol–water partition coefficient (Wildman–Crippen LogP) is 4.63. The maximum atomic E-state index is 13.1. The normalized spacial score (nSPS) is 21.3. The molecule has 4 heterocycles. The quantitative estimate of drug-likeness (QED) is 0.560. The molecular weight excluding hydrogens is 426 g/mol. The molecular formula is C24H28ClN5O2. The second-order valence-electron chi connectivity index (χ2n) is 8.70. The maximum Gasteiger partial charge on any atom is 0.232 e. The minimum absolute atomic E-state index is 0. The monoisotopic (exact) mass is 453 g/mol. The van der Waals surface area contributed by atoms with Gasteiger partial charge < -0.3 is 9.42 Å². The number of nitrogens with zero attached hydrogens (tertiary/aromatic N) is 5. The van der Waals surface area contributed by atoms with Crippen molar-refractivity contribution in [3.63, 3.8) is 0 Å². The van der Waals surface area contributed by atoms with Gasteiger partial charge in [-0.25, -0.2) is 0 Å². The number of halogens is 1. The van der Waals surface area contributed by atoms with Gasteiger partial charge in [-0.1, -0.05) is 30.5 Å². The van der Waals surface area contributed by atoms with Gasteiger partial charge in [-0.2, -0.15) is 4.98 Å². The van der Waals surface area contributed by atoms with E-state index in [1.165, 1.54) is 32.1 Å². The Morgan fingerprint density at radius 1 is 1.00 bits per heavy atom. The Bertz CT molecular complexity index is 1010. The number of rotatable bonds is 5. The summed E-state index contributed by atoms with van der Waals surface area (Å²) in [5, 5.41) is 4.19. The third-order valence-electron chi connectivity index (χ3n) is 6.67. The minimum atomic E-state index is -0.0393. The molecule has 168 valence electrons. The van der Waals surface area contributed by atoms with Gasteiger partial charge in [0.05, 0.1) is 5.92 Å². The molecule has 32 heavy (non-hydrogen) atoms. The van der Waals surface area contributed by atoms with Crippen molar-refractivity contribution in [2.24, 2.45) is 5.92 Å². The molecule has 7 nitrogen and oxygen atoms in total. The molecule has 1 aliphatic heterocycles. The molecule has 5 rings (SSSR count). The summed E-state index contributed by atoms with van der Waals surface area (Å²) in [6.45, 7) is 1.26. The van der Waals surface area contributed by atoms with E-state index in [9.17, 15) is 4.79 Å². The number of carbonyl (C=O) groups is 1. The van der Waals surface area contributed by atoms with Crippen LogP contribution in [0, 0.1) is 5.92 Å². The van der Waals surface area contributed by atoms with Crippen molar-refractivity contribution in [2.45, 2.75) is 50.4 Å². The molecule has 1 amide bonds. The van der Waals surface area contributed by atoms with Gasteiger partial charge in [0, 0.05) is 55.8 Å². The van der Waals surface area contributed by atoms with E-state index in [2.05, 4.69) is 26.2 Å². The first-order chi connectivity index (χ1) is 15.3. The maximum absolute atomic E-state index is 13.1. The molecule has 3 aromatic rings. The van der Waals surface area contributed by atoms with Crippen molar-refractivity contribution in [3.05, 3.63) is 60.5 Å². The highest BCUT2D eigenvalue weighted by Gasteiger charge is 2.40. The molecule has 2 fully saturated rings. The van der Waals surface area contributed by atoms with E-state index in [1.54, 1.807) is 18.6 Å². The summed E-state index contributed by atoms with van der Waals surface area (Å²) in [5.74, 6) is 1.95. The Hall–Kier alpha value is -2.80. The summed E-state index contributed by atoms with van der Waals surface area (Å²) in [6, 6.07) is 7.73. The highest BCUT2D eigenvalue weighted by atomic mass is 35.5. The van der Waals surface area contributed by atoms with Gasteiger partial charge in [0.1, 0.15) is 0 Å². The number of likely N-dealkylation sites (tertiary alicyclic amines) is 1. The lowest BCUT2D eigenvalue weighted by atomic mass is 9.87. The van der Waals surface area contributed by atoms with E-state index in [1.807, 2.05) is 29.3 Å². The van der Waals surface area contributed by atoms with Gasteiger partial charge in [-0.3, -0.25) is 14.8 Å². The zero-order valence-corrected chi connectivity index (χ0v) is 18.8. The summed E-state index contributed by atoms with van der Waals surface area (Å²) in [5.41, 5.74) is 1.97. The van der Waals surface area contributed by atoms with E-state index < -0.39 is 0 Å². The Balaban J connectivity index is 0.00000245. The molecule has 1 aliphatic carbocycles. The second kappa shape index (κ2) is 10.2. The number of pyridine rings is 2. The average molecular weight is 454 g/mol. The first kappa shape index (κ1) is 22.4. The smallest absolute Gasteiger partial charge is 0.232 e. The van der Waals surface area contributed by atoms with Gasteiger partial charge in [-0.05, 0) is 42.5 Å². The Kier molecular flexibility index (Phi) is 7.15. The van der Waals surface area contributed by atoms with Crippen LogP contribution in [0.5, 0.6) is 0 Å². The summed E-state index contributed by atoms with van der Waals surface area (Å²) in [4.78, 5) is 28.2. The molecule has 0 N–H and O–H groups in total. The first-order valence-electron chi connectivity index (χ1n) is 11.2. The molecule has 3 aromatic heterocycles. The Labute approximate surface area is 194 Å². The topological polar surface area (TPSA) is 85.0 Å². The van der Waals surface area contributed by atoms with E-state index in [0.717, 1.165) is 11.1 Å². The molecule has 1 saturated carbocycles. The van der Waals surface area contributed by atoms with Gasteiger partial charge in [0.15, 0.2) is 0 Å². The molecule has 2 atom stereocenters. The number of hydrogen-bond acceptors (Lipinski definition) is 6. The van der Waals surface area contributed by atoms with Crippen LogP contribution in [-0.4, -0.2) is 44.0 Å². The molecule has 0 unspecified atom stereocenters. The van der Waals surface area contributed by atoms with Crippen molar-refractivity contribution < 1.29 is 9.32 Å². The fraction of sp³-hybridized carbons (Fsp3) is 0.458. The molecule has 8 heteroatoms. The molecule has 0 aromatic carbocycles. The fourth-order valence-electron chi connectivity index (χ4n) is 4.96. The van der Waals surface area contributed by atoms with Gasteiger partial charge in [0.25, 0.3) is 0 Å². The summed E-state index contributed by atoms with van der Waals surface area (Å²) < 4.78 is 5.69. The summed E-state index contributed by atoms with van der Waals surface area (Å²) in [7, 11) is 0. The van der Waals surface area contributed by atoms with Crippen molar-refractivity contribution in [1.29, 1.82) is 0 Å². The minimum Gasteiger partial charge on any atom is -0.341 e. The zero-order chi connectivity index (χ0) is 21.0. The highest BCUT2D eigenvalue weighted by Crippen LogP contribution is 2.40. The fourth-order valence-corrected chi connectivity index (χ4v) is 4.96. The van der Waals surface area contributed by atoms with Crippen molar-refractivity contribution in [2.75, 3.05) is 13.1 Å². The largest absolute Gasteiger partial charge is 0.341 e. The van der Waals surface area contributed by atoms with Crippen LogP contribution >= 0.6 is 12.4 Å². The number of hydrogen-bond donors (Lipinski definition) is 0. The van der Waals surface area contributed by atoms with Crippen LogP contribution in [0.1, 0.15) is 61.8 Å². The second-order valence-corrected chi connectivity index (χ2v) is 8.70. The predicted molar refractivity (Wildman–Crippen MR) is 122 cm³/mol. The van der Waals surface area contributed by atoms with Crippen LogP contribution in [0.3, 0.4) is 0 Å². The zero-order valence-electron chi connectivity index (χ0n) is 18.0. The Morgan fingerprint density at radius 2 is 1.78 bits per heavy atom. The van der Waals surface area contributed by atoms with Crippen LogP contribution in [0.2, 0.25) is 0 Å². The Morgan fingerprint density at radius 3 is 2.53 bits per heavy atom. The van der Waals surface area contributed by atoms with E-state index in [-0.39, 0.29) is 30.2 Å². The lowest BCUT2D eigenvalue weighted by molar-refractivity contribution is -0.131.